The van der Waals surface area contributed by atoms with E-state index in [0.29, 0.717) is 12.0 Å². The molecule has 1 saturated carbocycles. The highest BCUT2D eigenvalue weighted by Crippen LogP contribution is 2.24. The van der Waals surface area contributed by atoms with Crippen molar-refractivity contribution >= 4 is 5.91 Å². The Bertz CT molecular complexity index is 222. The smallest absolute Gasteiger partial charge is 0.239 e. The highest BCUT2D eigenvalue weighted by atomic mass is 16.2. The van der Waals surface area contributed by atoms with Gasteiger partial charge < -0.3 is 10.6 Å². The van der Waals surface area contributed by atoms with E-state index in [-0.39, 0.29) is 11.9 Å². The van der Waals surface area contributed by atoms with Crippen molar-refractivity contribution in [1.29, 1.82) is 0 Å². The second-order valence-electron chi connectivity index (χ2n) is 5.34. The summed E-state index contributed by atoms with van der Waals surface area (Å²) in [7, 11) is 0. The third kappa shape index (κ3) is 3.48. The van der Waals surface area contributed by atoms with Gasteiger partial charge >= 0.3 is 0 Å². The van der Waals surface area contributed by atoms with Gasteiger partial charge in [-0.2, -0.15) is 0 Å². The zero-order valence-corrected chi connectivity index (χ0v) is 10.9. The average Bonchev–Trinajstić information content (AvgIpc) is 2.76. The van der Waals surface area contributed by atoms with Crippen LogP contribution in [0.15, 0.2) is 0 Å². The summed E-state index contributed by atoms with van der Waals surface area (Å²) in [5.74, 6) is 0.678. The molecular weight excluding hydrogens is 200 g/mol. The Labute approximate surface area is 99.4 Å². The molecule has 1 aliphatic rings. The third-order valence-corrected chi connectivity index (χ3v) is 3.37. The highest BCUT2D eigenvalue weighted by Gasteiger charge is 2.29. The molecule has 0 aromatic rings. The molecule has 16 heavy (non-hydrogen) atoms. The Morgan fingerprint density at radius 3 is 2.38 bits per heavy atom. The van der Waals surface area contributed by atoms with E-state index < -0.39 is 0 Å². The first-order chi connectivity index (χ1) is 7.56. The molecule has 0 spiro atoms. The second kappa shape index (κ2) is 6.24. The number of rotatable bonds is 5. The van der Waals surface area contributed by atoms with Gasteiger partial charge in [0.2, 0.25) is 5.91 Å². The Balaban J connectivity index is 2.65. The van der Waals surface area contributed by atoms with E-state index in [1.54, 1.807) is 0 Å². The third-order valence-electron chi connectivity index (χ3n) is 3.37. The lowest BCUT2D eigenvalue weighted by Gasteiger charge is -2.32. The van der Waals surface area contributed by atoms with Crippen LogP contribution in [0.25, 0.3) is 0 Å². The van der Waals surface area contributed by atoms with E-state index >= 15 is 0 Å². The standard InChI is InChI=1S/C13H26N2O/c1-4-12(14)13(16)15(9-10(2)3)11-7-5-6-8-11/h10-12H,4-9,14H2,1-3H3/t12-/m0/s1. The van der Waals surface area contributed by atoms with Crippen LogP contribution in [-0.4, -0.2) is 29.4 Å². The molecule has 0 saturated heterocycles. The van der Waals surface area contributed by atoms with Crippen molar-refractivity contribution in [2.45, 2.75) is 65.0 Å². The van der Waals surface area contributed by atoms with E-state index in [4.69, 9.17) is 5.73 Å². The molecule has 3 heteroatoms. The molecule has 0 aromatic carbocycles. The van der Waals surface area contributed by atoms with Gasteiger partial charge in [-0.3, -0.25) is 4.79 Å². The SMILES string of the molecule is CC[C@H](N)C(=O)N(CC(C)C)C1CCCC1. The van der Waals surface area contributed by atoms with Gasteiger partial charge in [-0.1, -0.05) is 33.6 Å². The minimum absolute atomic E-state index is 0.156. The monoisotopic (exact) mass is 226 g/mol. The van der Waals surface area contributed by atoms with Gasteiger partial charge in [-0.25, -0.2) is 0 Å². The van der Waals surface area contributed by atoms with Crippen molar-refractivity contribution in [3.63, 3.8) is 0 Å². The molecule has 0 heterocycles. The molecule has 0 radical (unpaired) electrons. The predicted octanol–water partition coefficient (Wildman–Crippen LogP) is 2.15. The number of carbonyl (C=O) groups is 1. The molecule has 0 unspecified atom stereocenters. The molecule has 94 valence electrons. The van der Waals surface area contributed by atoms with Gasteiger partial charge in [0.25, 0.3) is 0 Å². The Morgan fingerprint density at radius 1 is 1.38 bits per heavy atom. The molecular formula is C13H26N2O. The molecule has 0 aliphatic heterocycles. The Morgan fingerprint density at radius 2 is 1.94 bits per heavy atom. The fourth-order valence-corrected chi connectivity index (χ4v) is 2.42. The summed E-state index contributed by atoms with van der Waals surface area (Å²) in [5, 5.41) is 0. The van der Waals surface area contributed by atoms with Gasteiger partial charge in [0.15, 0.2) is 0 Å². The molecule has 0 bridgehead atoms. The number of amides is 1. The lowest BCUT2D eigenvalue weighted by atomic mass is 10.1. The molecule has 1 fully saturated rings. The van der Waals surface area contributed by atoms with Crippen LogP contribution in [0, 0.1) is 5.92 Å². The van der Waals surface area contributed by atoms with Crippen LogP contribution in [0.5, 0.6) is 0 Å². The Hall–Kier alpha value is -0.570. The number of nitrogens with two attached hydrogens (primary N) is 1. The summed E-state index contributed by atoms with van der Waals surface area (Å²) >= 11 is 0. The number of hydrogen-bond donors (Lipinski definition) is 1. The normalized spacial score (nSPS) is 19.1. The van der Waals surface area contributed by atoms with Crippen LogP contribution < -0.4 is 5.73 Å². The van der Waals surface area contributed by atoms with Crippen LogP contribution in [-0.2, 0) is 4.79 Å². The van der Waals surface area contributed by atoms with Gasteiger partial charge in [0.05, 0.1) is 6.04 Å². The van der Waals surface area contributed by atoms with Crippen molar-refractivity contribution in [2.24, 2.45) is 11.7 Å². The van der Waals surface area contributed by atoms with E-state index in [1.165, 1.54) is 12.8 Å². The lowest BCUT2D eigenvalue weighted by molar-refractivity contribution is -0.135. The Kier molecular flexibility index (Phi) is 5.26. The maximum atomic E-state index is 12.2. The quantitative estimate of drug-likeness (QED) is 0.780. The minimum Gasteiger partial charge on any atom is -0.338 e. The number of hydrogen-bond acceptors (Lipinski definition) is 2. The molecule has 1 atom stereocenters. The summed E-state index contributed by atoms with van der Waals surface area (Å²) in [4.78, 5) is 14.2. The van der Waals surface area contributed by atoms with E-state index in [0.717, 1.165) is 25.8 Å². The summed E-state index contributed by atoms with van der Waals surface area (Å²) < 4.78 is 0. The minimum atomic E-state index is -0.306. The molecule has 1 rings (SSSR count). The zero-order chi connectivity index (χ0) is 12.1. The van der Waals surface area contributed by atoms with Crippen molar-refractivity contribution in [2.75, 3.05) is 6.54 Å². The maximum absolute atomic E-state index is 12.2. The predicted molar refractivity (Wildman–Crippen MR) is 67.1 cm³/mol. The van der Waals surface area contributed by atoms with E-state index in [1.807, 2.05) is 11.8 Å². The first-order valence-corrected chi connectivity index (χ1v) is 6.62. The first kappa shape index (κ1) is 13.5. The molecule has 1 aliphatic carbocycles. The second-order valence-corrected chi connectivity index (χ2v) is 5.34. The van der Waals surface area contributed by atoms with Crippen molar-refractivity contribution in [3.05, 3.63) is 0 Å². The van der Waals surface area contributed by atoms with E-state index in [9.17, 15) is 4.79 Å². The van der Waals surface area contributed by atoms with Crippen LogP contribution >= 0.6 is 0 Å². The zero-order valence-electron chi connectivity index (χ0n) is 10.9. The summed E-state index contributed by atoms with van der Waals surface area (Å²) in [6.07, 6.45) is 5.58. The topological polar surface area (TPSA) is 46.3 Å². The largest absolute Gasteiger partial charge is 0.338 e. The average molecular weight is 226 g/mol. The van der Waals surface area contributed by atoms with Crippen molar-refractivity contribution < 1.29 is 4.79 Å². The van der Waals surface area contributed by atoms with Crippen molar-refractivity contribution in [1.82, 2.24) is 4.90 Å². The lowest BCUT2D eigenvalue weighted by Crippen LogP contribution is -2.49. The summed E-state index contributed by atoms with van der Waals surface area (Å²) in [6, 6.07) is 0.145. The van der Waals surface area contributed by atoms with Crippen LogP contribution in [0.3, 0.4) is 0 Å². The highest BCUT2D eigenvalue weighted by molar-refractivity contribution is 5.81. The van der Waals surface area contributed by atoms with Gasteiger partial charge in [0.1, 0.15) is 0 Å². The molecule has 0 aromatic heterocycles. The number of nitrogens with zero attached hydrogens (tertiary/aromatic N) is 1. The van der Waals surface area contributed by atoms with Crippen LogP contribution in [0.4, 0.5) is 0 Å². The van der Waals surface area contributed by atoms with Crippen LogP contribution in [0.2, 0.25) is 0 Å². The van der Waals surface area contributed by atoms with Gasteiger partial charge in [0, 0.05) is 12.6 Å². The van der Waals surface area contributed by atoms with E-state index in [2.05, 4.69) is 13.8 Å². The summed E-state index contributed by atoms with van der Waals surface area (Å²) in [5.41, 5.74) is 5.87. The molecule has 2 N–H and O–H groups in total. The van der Waals surface area contributed by atoms with Crippen molar-refractivity contribution in [3.8, 4) is 0 Å². The summed E-state index contributed by atoms with van der Waals surface area (Å²) in [6.45, 7) is 7.15. The van der Waals surface area contributed by atoms with Crippen LogP contribution in [0.1, 0.15) is 52.9 Å². The fraction of sp³-hybridized carbons (Fsp3) is 0.923. The maximum Gasteiger partial charge on any atom is 0.239 e. The molecule has 1 amide bonds. The van der Waals surface area contributed by atoms with Gasteiger partial charge in [-0.15, -0.1) is 0 Å². The first-order valence-electron chi connectivity index (χ1n) is 6.62. The van der Waals surface area contributed by atoms with Gasteiger partial charge in [-0.05, 0) is 25.2 Å². The fourth-order valence-electron chi connectivity index (χ4n) is 2.42. The molecule has 3 nitrogen and oxygen atoms in total. The number of carbonyl (C=O) groups excluding carboxylic acids is 1.